The maximum Gasteiger partial charge on any atom is 0.119 e. The van der Waals surface area contributed by atoms with E-state index in [2.05, 4.69) is 0 Å². The maximum atomic E-state index is 5.87. The minimum atomic E-state index is 0. The number of benzene rings is 1. The summed E-state index contributed by atoms with van der Waals surface area (Å²) in [6.07, 6.45) is 0. The molecule has 1 aromatic carbocycles. The van der Waals surface area contributed by atoms with Gasteiger partial charge in [-0.1, -0.05) is 6.07 Å². The van der Waals surface area contributed by atoms with E-state index in [0.717, 1.165) is 11.3 Å². The largest absolute Gasteiger partial charge is 0.497 e. The van der Waals surface area contributed by atoms with E-state index in [4.69, 9.17) is 15.2 Å². The third-order valence-electron chi connectivity index (χ3n) is 2.30. The van der Waals surface area contributed by atoms with Crippen molar-refractivity contribution in [2.45, 2.75) is 12.6 Å². The van der Waals surface area contributed by atoms with E-state index >= 15 is 0 Å². The number of rotatable bonds is 1. The SMILES string of the molecule is COc1ccc2c(c1)COCC2N.Cl. The summed E-state index contributed by atoms with van der Waals surface area (Å²) in [6, 6.07) is 5.94. The summed E-state index contributed by atoms with van der Waals surface area (Å²) in [5.74, 6) is 0.858. The van der Waals surface area contributed by atoms with Crippen molar-refractivity contribution in [1.82, 2.24) is 0 Å². The van der Waals surface area contributed by atoms with Gasteiger partial charge in [-0.25, -0.2) is 0 Å². The van der Waals surface area contributed by atoms with Gasteiger partial charge in [0, 0.05) is 0 Å². The highest BCUT2D eigenvalue weighted by Gasteiger charge is 2.17. The molecule has 1 aliphatic rings. The molecule has 1 heterocycles. The van der Waals surface area contributed by atoms with Gasteiger partial charge < -0.3 is 15.2 Å². The number of hydrogen-bond donors (Lipinski definition) is 1. The molecule has 0 saturated carbocycles. The van der Waals surface area contributed by atoms with E-state index in [1.807, 2.05) is 18.2 Å². The molecule has 0 saturated heterocycles. The van der Waals surface area contributed by atoms with Gasteiger partial charge in [-0.15, -0.1) is 12.4 Å². The van der Waals surface area contributed by atoms with Crippen LogP contribution in [0.3, 0.4) is 0 Å². The van der Waals surface area contributed by atoms with Gasteiger partial charge in [0.2, 0.25) is 0 Å². The van der Waals surface area contributed by atoms with Gasteiger partial charge in [-0.2, -0.15) is 0 Å². The van der Waals surface area contributed by atoms with E-state index in [9.17, 15) is 0 Å². The third-order valence-corrected chi connectivity index (χ3v) is 2.30. The number of halogens is 1. The minimum absolute atomic E-state index is 0. The molecule has 4 heteroatoms. The average Bonchev–Trinajstić information content (AvgIpc) is 2.18. The number of ether oxygens (including phenoxy) is 2. The molecule has 1 atom stereocenters. The highest BCUT2D eigenvalue weighted by Crippen LogP contribution is 2.26. The summed E-state index contributed by atoms with van der Waals surface area (Å²) in [5.41, 5.74) is 8.18. The fraction of sp³-hybridized carbons (Fsp3) is 0.400. The van der Waals surface area contributed by atoms with Crippen LogP contribution >= 0.6 is 12.4 Å². The van der Waals surface area contributed by atoms with Crippen molar-refractivity contribution in [2.24, 2.45) is 5.73 Å². The second kappa shape index (κ2) is 4.64. The molecule has 1 aromatic rings. The zero-order valence-electron chi connectivity index (χ0n) is 8.03. The van der Waals surface area contributed by atoms with Crippen LogP contribution in [0, 0.1) is 0 Å². The lowest BCUT2D eigenvalue weighted by atomic mass is 9.99. The molecule has 0 radical (unpaired) electrons. The molecule has 0 spiro atoms. The van der Waals surface area contributed by atoms with Crippen LogP contribution in [-0.2, 0) is 11.3 Å². The first kappa shape index (κ1) is 11.3. The molecule has 0 aliphatic carbocycles. The molecule has 1 unspecified atom stereocenters. The van der Waals surface area contributed by atoms with E-state index in [-0.39, 0.29) is 18.4 Å². The van der Waals surface area contributed by atoms with Crippen LogP contribution in [0.5, 0.6) is 5.75 Å². The normalized spacial score (nSPS) is 19.4. The molecule has 0 aromatic heterocycles. The molecule has 2 rings (SSSR count). The fourth-order valence-corrected chi connectivity index (χ4v) is 1.58. The van der Waals surface area contributed by atoms with Crippen LogP contribution in [0.1, 0.15) is 17.2 Å². The molecule has 3 nitrogen and oxygen atoms in total. The Labute approximate surface area is 89.6 Å². The Kier molecular flexibility index (Phi) is 3.75. The van der Waals surface area contributed by atoms with Gasteiger partial charge in [0.25, 0.3) is 0 Å². The lowest BCUT2D eigenvalue weighted by Crippen LogP contribution is -2.23. The average molecular weight is 216 g/mol. The second-order valence-corrected chi connectivity index (χ2v) is 3.19. The smallest absolute Gasteiger partial charge is 0.119 e. The summed E-state index contributed by atoms with van der Waals surface area (Å²) >= 11 is 0. The standard InChI is InChI=1S/C10H13NO2.ClH/c1-12-8-2-3-9-7(4-8)5-13-6-10(9)11;/h2-4,10H,5-6,11H2,1H3;1H. The van der Waals surface area contributed by atoms with Crippen molar-refractivity contribution in [3.8, 4) is 5.75 Å². The van der Waals surface area contributed by atoms with Gasteiger partial charge in [-0.3, -0.25) is 0 Å². The number of nitrogens with two attached hydrogens (primary N) is 1. The topological polar surface area (TPSA) is 44.5 Å². The third kappa shape index (κ3) is 2.00. The zero-order chi connectivity index (χ0) is 9.26. The lowest BCUT2D eigenvalue weighted by molar-refractivity contribution is 0.0922. The Balaban J connectivity index is 0.000000980. The summed E-state index contributed by atoms with van der Waals surface area (Å²) < 4.78 is 10.4. The summed E-state index contributed by atoms with van der Waals surface area (Å²) in [4.78, 5) is 0. The highest BCUT2D eigenvalue weighted by molar-refractivity contribution is 5.85. The number of hydrogen-bond acceptors (Lipinski definition) is 3. The first-order valence-corrected chi connectivity index (χ1v) is 4.31. The fourth-order valence-electron chi connectivity index (χ4n) is 1.58. The van der Waals surface area contributed by atoms with Gasteiger partial charge in [0.15, 0.2) is 0 Å². The van der Waals surface area contributed by atoms with Gasteiger partial charge >= 0.3 is 0 Å². The van der Waals surface area contributed by atoms with E-state index < -0.39 is 0 Å². The van der Waals surface area contributed by atoms with Crippen LogP contribution in [-0.4, -0.2) is 13.7 Å². The molecular weight excluding hydrogens is 202 g/mol. The minimum Gasteiger partial charge on any atom is -0.497 e. The maximum absolute atomic E-state index is 5.87. The summed E-state index contributed by atoms with van der Waals surface area (Å²) in [5, 5.41) is 0. The Bertz CT molecular complexity index is 317. The highest BCUT2D eigenvalue weighted by atomic mass is 35.5. The lowest BCUT2D eigenvalue weighted by Gasteiger charge is -2.22. The molecule has 0 fully saturated rings. The van der Waals surface area contributed by atoms with Crippen molar-refractivity contribution in [3.05, 3.63) is 29.3 Å². The quantitative estimate of drug-likeness (QED) is 0.775. The van der Waals surface area contributed by atoms with Crippen LogP contribution < -0.4 is 10.5 Å². The Morgan fingerprint density at radius 1 is 1.50 bits per heavy atom. The summed E-state index contributed by atoms with van der Waals surface area (Å²) in [6.45, 7) is 1.25. The first-order chi connectivity index (χ1) is 6.31. The molecule has 2 N–H and O–H groups in total. The first-order valence-electron chi connectivity index (χ1n) is 4.31. The molecule has 1 aliphatic heterocycles. The van der Waals surface area contributed by atoms with Crippen molar-refractivity contribution in [1.29, 1.82) is 0 Å². The van der Waals surface area contributed by atoms with Gasteiger partial charge in [-0.05, 0) is 23.3 Å². The predicted molar refractivity (Wildman–Crippen MR) is 56.8 cm³/mol. The Morgan fingerprint density at radius 2 is 2.29 bits per heavy atom. The van der Waals surface area contributed by atoms with E-state index in [1.165, 1.54) is 5.56 Å². The van der Waals surface area contributed by atoms with Crippen molar-refractivity contribution >= 4 is 12.4 Å². The number of methoxy groups -OCH3 is 1. The Morgan fingerprint density at radius 3 is 3.00 bits per heavy atom. The molecule has 0 bridgehead atoms. The number of fused-ring (bicyclic) bond motifs is 1. The van der Waals surface area contributed by atoms with E-state index in [1.54, 1.807) is 7.11 Å². The van der Waals surface area contributed by atoms with Gasteiger partial charge in [0.05, 0.1) is 26.4 Å². The van der Waals surface area contributed by atoms with Crippen LogP contribution in [0.2, 0.25) is 0 Å². The van der Waals surface area contributed by atoms with Gasteiger partial charge in [0.1, 0.15) is 5.75 Å². The van der Waals surface area contributed by atoms with Crippen LogP contribution in [0.25, 0.3) is 0 Å². The van der Waals surface area contributed by atoms with E-state index in [0.29, 0.717) is 13.2 Å². The predicted octanol–water partition coefficient (Wildman–Crippen LogP) is 1.65. The molecule has 0 amide bonds. The summed E-state index contributed by atoms with van der Waals surface area (Å²) in [7, 11) is 1.66. The zero-order valence-corrected chi connectivity index (χ0v) is 8.84. The van der Waals surface area contributed by atoms with Crippen molar-refractivity contribution in [2.75, 3.05) is 13.7 Å². The Hall–Kier alpha value is -0.770. The second-order valence-electron chi connectivity index (χ2n) is 3.19. The molecular formula is C10H14ClNO2. The molecule has 78 valence electrons. The van der Waals surface area contributed by atoms with Crippen molar-refractivity contribution in [3.63, 3.8) is 0 Å². The van der Waals surface area contributed by atoms with Crippen molar-refractivity contribution < 1.29 is 9.47 Å². The van der Waals surface area contributed by atoms with Crippen LogP contribution in [0.15, 0.2) is 18.2 Å². The monoisotopic (exact) mass is 215 g/mol. The molecule has 14 heavy (non-hydrogen) atoms. The van der Waals surface area contributed by atoms with Crippen LogP contribution in [0.4, 0.5) is 0 Å².